The summed E-state index contributed by atoms with van der Waals surface area (Å²) in [6.45, 7) is 5.82. The van der Waals surface area contributed by atoms with Crippen molar-refractivity contribution in [3.8, 4) is 0 Å². The molecule has 4 heteroatoms. The van der Waals surface area contributed by atoms with Gasteiger partial charge in [-0.15, -0.1) is 0 Å². The molecule has 72 valence electrons. The molecule has 1 atom stereocenters. The third kappa shape index (κ3) is 5.46. The quantitative estimate of drug-likeness (QED) is 0.483. The maximum atomic E-state index is 5.43. The van der Waals surface area contributed by atoms with E-state index < -0.39 is 0 Å². The Hall–Kier alpha value is -0.190. The summed E-state index contributed by atoms with van der Waals surface area (Å²) in [7, 11) is 0. The molecule has 1 unspecified atom stereocenters. The van der Waals surface area contributed by atoms with E-state index >= 15 is 0 Å². The van der Waals surface area contributed by atoms with Crippen LogP contribution in [-0.4, -0.2) is 30.9 Å². The van der Waals surface area contributed by atoms with E-state index in [1.54, 1.807) is 0 Å². The summed E-state index contributed by atoms with van der Waals surface area (Å²) < 4.78 is 10.5. The van der Waals surface area contributed by atoms with Crippen molar-refractivity contribution in [2.24, 2.45) is 5.73 Å². The summed E-state index contributed by atoms with van der Waals surface area (Å²) in [5.74, 6) is 0. The molecule has 0 heterocycles. The lowest BCUT2D eigenvalue weighted by Gasteiger charge is -2.13. The summed E-state index contributed by atoms with van der Waals surface area (Å²) in [6.07, 6.45) is 0.724. The lowest BCUT2D eigenvalue weighted by Crippen LogP contribution is -2.29. The van der Waals surface area contributed by atoms with Crippen LogP contribution in [0.1, 0.15) is 20.3 Å². The SMILES string of the molecule is CCOCCOC(CC)C(N)=S. The number of rotatable bonds is 7. The van der Waals surface area contributed by atoms with E-state index in [0.717, 1.165) is 6.42 Å². The first-order chi connectivity index (χ1) is 5.72. The summed E-state index contributed by atoms with van der Waals surface area (Å²) in [5, 5.41) is 0. The highest BCUT2D eigenvalue weighted by molar-refractivity contribution is 7.80. The molecule has 0 aliphatic heterocycles. The second kappa shape index (κ2) is 7.46. The van der Waals surface area contributed by atoms with Crippen LogP contribution in [0.15, 0.2) is 0 Å². The summed E-state index contributed by atoms with van der Waals surface area (Å²) >= 11 is 4.81. The van der Waals surface area contributed by atoms with E-state index in [2.05, 4.69) is 0 Å². The number of nitrogens with two attached hydrogens (primary N) is 1. The van der Waals surface area contributed by atoms with E-state index in [-0.39, 0.29) is 6.10 Å². The van der Waals surface area contributed by atoms with E-state index in [0.29, 0.717) is 24.8 Å². The van der Waals surface area contributed by atoms with Gasteiger partial charge in [-0.3, -0.25) is 0 Å². The molecular formula is C8H17NO2S. The Labute approximate surface area is 79.2 Å². The lowest BCUT2D eigenvalue weighted by atomic mass is 10.3. The molecule has 3 nitrogen and oxygen atoms in total. The zero-order chi connectivity index (χ0) is 9.40. The highest BCUT2D eigenvalue weighted by Gasteiger charge is 2.08. The Morgan fingerprint density at radius 3 is 2.50 bits per heavy atom. The summed E-state index contributed by atoms with van der Waals surface area (Å²) in [5.41, 5.74) is 5.43. The fourth-order valence-electron chi connectivity index (χ4n) is 0.795. The van der Waals surface area contributed by atoms with Gasteiger partial charge in [0.15, 0.2) is 0 Å². The van der Waals surface area contributed by atoms with Gasteiger partial charge in [0.2, 0.25) is 0 Å². The third-order valence-electron chi connectivity index (χ3n) is 1.44. The zero-order valence-electron chi connectivity index (χ0n) is 7.71. The molecule has 0 rings (SSSR count). The highest BCUT2D eigenvalue weighted by Crippen LogP contribution is 1.97. The summed E-state index contributed by atoms with van der Waals surface area (Å²) in [6, 6.07) is 0. The monoisotopic (exact) mass is 191 g/mol. The van der Waals surface area contributed by atoms with Gasteiger partial charge in [0, 0.05) is 6.61 Å². The van der Waals surface area contributed by atoms with Crippen LogP contribution in [0.5, 0.6) is 0 Å². The van der Waals surface area contributed by atoms with E-state index in [1.165, 1.54) is 0 Å². The Balaban J connectivity index is 3.38. The predicted molar refractivity (Wildman–Crippen MR) is 53.3 cm³/mol. The second-order valence-electron chi connectivity index (χ2n) is 2.37. The minimum Gasteiger partial charge on any atom is -0.391 e. The zero-order valence-corrected chi connectivity index (χ0v) is 8.52. The van der Waals surface area contributed by atoms with Crippen LogP contribution in [-0.2, 0) is 9.47 Å². The van der Waals surface area contributed by atoms with Crippen LogP contribution >= 0.6 is 12.2 Å². The molecule has 12 heavy (non-hydrogen) atoms. The van der Waals surface area contributed by atoms with Crippen LogP contribution in [0.4, 0.5) is 0 Å². The number of ether oxygens (including phenoxy) is 2. The second-order valence-corrected chi connectivity index (χ2v) is 2.84. The first-order valence-corrected chi connectivity index (χ1v) is 4.61. The molecule has 0 saturated heterocycles. The molecule has 0 aromatic heterocycles. The first kappa shape index (κ1) is 11.8. The van der Waals surface area contributed by atoms with Crippen LogP contribution in [0, 0.1) is 0 Å². The molecule has 0 bridgehead atoms. The van der Waals surface area contributed by atoms with Crippen molar-refractivity contribution in [1.82, 2.24) is 0 Å². The molecule has 2 N–H and O–H groups in total. The molecule has 0 aromatic carbocycles. The smallest absolute Gasteiger partial charge is 0.107 e. The average Bonchev–Trinajstić information content (AvgIpc) is 2.04. The van der Waals surface area contributed by atoms with Gasteiger partial charge in [-0.1, -0.05) is 19.1 Å². The van der Waals surface area contributed by atoms with Gasteiger partial charge >= 0.3 is 0 Å². The van der Waals surface area contributed by atoms with Gasteiger partial charge in [-0.05, 0) is 13.3 Å². The van der Waals surface area contributed by atoms with Gasteiger partial charge in [-0.2, -0.15) is 0 Å². The first-order valence-electron chi connectivity index (χ1n) is 4.21. The summed E-state index contributed by atoms with van der Waals surface area (Å²) in [4.78, 5) is 0.425. The molecule has 0 aromatic rings. The molecule has 0 amide bonds. The molecule has 0 saturated carbocycles. The standard InChI is InChI=1S/C8H17NO2S/c1-3-7(8(9)12)11-6-5-10-4-2/h7H,3-6H2,1-2H3,(H2,9,12). The van der Waals surface area contributed by atoms with E-state index in [4.69, 9.17) is 27.4 Å². The number of hydrogen-bond donors (Lipinski definition) is 1. The van der Waals surface area contributed by atoms with Crippen molar-refractivity contribution >= 4 is 17.2 Å². The van der Waals surface area contributed by atoms with Gasteiger partial charge in [-0.25, -0.2) is 0 Å². The van der Waals surface area contributed by atoms with Crippen LogP contribution in [0.25, 0.3) is 0 Å². The molecular weight excluding hydrogens is 174 g/mol. The van der Waals surface area contributed by atoms with Gasteiger partial charge in [0.05, 0.1) is 13.2 Å². The minimum atomic E-state index is -0.0968. The Bertz CT molecular complexity index is 130. The van der Waals surface area contributed by atoms with Crippen molar-refractivity contribution in [3.63, 3.8) is 0 Å². The third-order valence-corrected chi connectivity index (χ3v) is 1.70. The van der Waals surface area contributed by atoms with Crippen molar-refractivity contribution < 1.29 is 9.47 Å². The Morgan fingerprint density at radius 2 is 2.08 bits per heavy atom. The van der Waals surface area contributed by atoms with Crippen molar-refractivity contribution in [3.05, 3.63) is 0 Å². The number of hydrogen-bond acceptors (Lipinski definition) is 3. The Kier molecular flexibility index (Phi) is 7.34. The van der Waals surface area contributed by atoms with Crippen molar-refractivity contribution in [2.75, 3.05) is 19.8 Å². The van der Waals surface area contributed by atoms with Crippen LogP contribution < -0.4 is 5.73 Å². The molecule has 0 radical (unpaired) electrons. The fourth-order valence-corrected chi connectivity index (χ4v) is 1.03. The molecule has 0 aliphatic carbocycles. The van der Waals surface area contributed by atoms with Crippen LogP contribution in [0.3, 0.4) is 0 Å². The maximum Gasteiger partial charge on any atom is 0.107 e. The van der Waals surface area contributed by atoms with E-state index in [9.17, 15) is 0 Å². The van der Waals surface area contributed by atoms with Crippen molar-refractivity contribution in [1.29, 1.82) is 0 Å². The Morgan fingerprint density at radius 1 is 1.42 bits per heavy atom. The topological polar surface area (TPSA) is 44.5 Å². The van der Waals surface area contributed by atoms with Gasteiger partial charge in [0.25, 0.3) is 0 Å². The fraction of sp³-hybridized carbons (Fsp3) is 0.875. The van der Waals surface area contributed by atoms with Gasteiger partial charge in [0.1, 0.15) is 11.1 Å². The van der Waals surface area contributed by atoms with E-state index in [1.807, 2.05) is 13.8 Å². The average molecular weight is 191 g/mol. The lowest BCUT2D eigenvalue weighted by molar-refractivity contribution is 0.0333. The highest BCUT2D eigenvalue weighted by atomic mass is 32.1. The van der Waals surface area contributed by atoms with Crippen molar-refractivity contribution in [2.45, 2.75) is 26.4 Å². The normalized spacial score (nSPS) is 12.8. The molecule has 0 fully saturated rings. The molecule has 0 spiro atoms. The molecule has 0 aliphatic rings. The van der Waals surface area contributed by atoms with Gasteiger partial charge < -0.3 is 15.2 Å². The predicted octanol–water partition coefficient (Wildman–Crippen LogP) is 1.10. The number of thiocarbonyl (C=S) groups is 1. The minimum absolute atomic E-state index is 0.0968. The van der Waals surface area contributed by atoms with Crippen LogP contribution in [0.2, 0.25) is 0 Å². The largest absolute Gasteiger partial charge is 0.391 e. The maximum absolute atomic E-state index is 5.43.